The lowest BCUT2D eigenvalue weighted by Crippen LogP contribution is -3.13. The first-order valence-corrected chi connectivity index (χ1v) is 10.7. The summed E-state index contributed by atoms with van der Waals surface area (Å²) in [6.45, 7) is 4.22. The fraction of sp³-hybridized carbons (Fsp3) is 0.304. The van der Waals surface area contributed by atoms with Gasteiger partial charge in [-0.25, -0.2) is 0 Å². The second kappa shape index (κ2) is 7.96. The maximum atomic E-state index is 12.8. The molecule has 0 spiro atoms. The number of nitro benzene ring substituents is 1. The molecule has 2 aromatic carbocycles. The van der Waals surface area contributed by atoms with E-state index in [1.807, 2.05) is 23.1 Å². The molecule has 158 valence electrons. The van der Waals surface area contributed by atoms with E-state index in [0.29, 0.717) is 11.7 Å². The quantitative estimate of drug-likeness (QED) is 0.457. The summed E-state index contributed by atoms with van der Waals surface area (Å²) in [5.41, 5.74) is 3.20. The van der Waals surface area contributed by atoms with E-state index in [1.54, 1.807) is 23.1 Å². The standard InChI is InChI=1S/C23H23N5O3/c29-22-21(16-17-8-10-18(11-9-17)28(30)31)27-20-7-3-2-6-19(20)26(23(27)24-22)15-14-25-12-4-1-5-13-25/h2-3,6-11,16H,1,4-5,12-15H2/p+1/b21-16+. The maximum Gasteiger partial charge on any atom is 0.297 e. The van der Waals surface area contributed by atoms with Crippen molar-refractivity contribution in [3.63, 3.8) is 0 Å². The van der Waals surface area contributed by atoms with Crippen molar-refractivity contribution in [2.75, 3.05) is 36.0 Å². The highest BCUT2D eigenvalue weighted by atomic mass is 16.6. The van der Waals surface area contributed by atoms with Crippen molar-refractivity contribution in [3.05, 3.63) is 69.9 Å². The normalized spacial score (nSPS) is 19.5. The van der Waals surface area contributed by atoms with Gasteiger partial charge in [-0.05, 0) is 55.2 Å². The molecular formula is C23H24N5O3+. The number of para-hydroxylation sites is 2. The van der Waals surface area contributed by atoms with Gasteiger partial charge in [0.1, 0.15) is 5.70 Å². The number of hydrogen-bond donors (Lipinski definition) is 1. The first kappa shape index (κ1) is 19.4. The molecule has 0 aliphatic carbocycles. The Balaban J connectivity index is 1.44. The van der Waals surface area contributed by atoms with Gasteiger partial charge in [0.05, 0.1) is 42.5 Å². The van der Waals surface area contributed by atoms with Gasteiger partial charge in [0.2, 0.25) is 5.96 Å². The number of carbonyl (C=O) groups excluding carboxylic acids is 1. The lowest BCUT2D eigenvalue weighted by molar-refractivity contribution is -0.903. The third-order valence-corrected chi connectivity index (χ3v) is 6.17. The van der Waals surface area contributed by atoms with Crippen LogP contribution in [-0.2, 0) is 4.79 Å². The van der Waals surface area contributed by atoms with Crippen molar-refractivity contribution >= 4 is 35.0 Å². The Labute approximate surface area is 180 Å². The molecule has 0 saturated carbocycles. The lowest BCUT2D eigenvalue weighted by Gasteiger charge is -2.26. The molecule has 3 heterocycles. The number of carbonyl (C=O) groups is 1. The number of amides is 1. The maximum absolute atomic E-state index is 12.8. The molecule has 0 unspecified atom stereocenters. The molecule has 1 saturated heterocycles. The van der Waals surface area contributed by atoms with Gasteiger partial charge in [-0.1, -0.05) is 12.1 Å². The number of nitrogens with zero attached hydrogens (tertiary/aromatic N) is 4. The second-order valence-electron chi connectivity index (χ2n) is 8.13. The van der Waals surface area contributed by atoms with Crippen molar-refractivity contribution in [1.82, 2.24) is 0 Å². The van der Waals surface area contributed by atoms with Crippen LogP contribution in [0.25, 0.3) is 6.08 Å². The van der Waals surface area contributed by atoms with Crippen LogP contribution in [0.2, 0.25) is 0 Å². The van der Waals surface area contributed by atoms with E-state index in [-0.39, 0.29) is 11.6 Å². The van der Waals surface area contributed by atoms with E-state index in [1.165, 1.54) is 44.5 Å². The molecule has 1 N–H and O–H groups in total. The Morgan fingerprint density at radius 2 is 1.74 bits per heavy atom. The van der Waals surface area contributed by atoms with E-state index in [2.05, 4.69) is 16.0 Å². The van der Waals surface area contributed by atoms with Gasteiger partial charge < -0.3 is 9.80 Å². The minimum atomic E-state index is -0.433. The van der Waals surface area contributed by atoms with Gasteiger partial charge in [0.25, 0.3) is 11.6 Å². The van der Waals surface area contributed by atoms with E-state index < -0.39 is 4.92 Å². The fourth-order valence-electron chi connectivity index (χ4n) is 4.58. The molecule has 0 bridgehead atoms. The molecule has 1 fully saturated rings. The van der Waals surface area contributed by atoms with E-state index in [4.69, 9.17) is 0 Å². The Morgan fingerprint density at radius 1 is 1.03 bits per heavy atom. The molecule has 8 nitrogen and oxygen atoms in total. The number of fused-ring (bicyclic) bond motifs is 3. The zero-order valence-corrected chi connectivity index (χ0v) is 17.2. The summed E-state index contributed by atoms with van der Waals surface area (Å²) in [7, 11) is 0. The minimum Gasteiger partial charge on any atom is -0.333 e. The van der Waals surface area contributed by atoms with Crippen LogP contribution in [0.1, 0.15) is 24.8 Å². The Morgan fingerprint density at radius 3 is 2.45 bits per heavy atom. The van der Waals surface area contributed by atoms with Crippen LogP contribution >= 0.6 is 0 Å². The summed E-state index contributed by atoms with van der Waals surface area (Å²) < 4.78 is 0. The average Bonchev–Trinajstić information content (AvgIpc) is 3.27. The summed E-state index contributed by atoms with van der Waals surface area (Å²) in [5, 5.41) is 10.9. The molecular weight excluding hydrogens is 394 g/mol. The predicted octanol–water partition coefficient (Wildman–Crippen LogP) is 2.23. The molecule has 0 atom stereocenters. The smallest absolute Gasteiger partial charge is 0.297 e. The number of benzene rings is 2. The van der Waals surface area contributed by atoms with Crippen molar-refractivity contribution in [1.29, 1.82) is 0 Å². The number of likely N-dealkylation sites (tertiary alicyclic amines) is 1. The molecule has 0 aromatic heterocycles. The number of nitrogens with one attached hydrogen (secondary N) is 1. The second-order valence-corrected chi connectivity index (χ2v) is 8.13. The highest BCUT2D eigenvalue weighted by Gasteiger charge is 2.42. The van der Waals surface area contributed by atoms with Crippen LogP contribution in [0.3, 0.4) is 0 Å². The fourth-order valence-corrected chi connectivity index (χ4v) is 4.58. The summed E-state index contributed by atoms with van der Waals surface area (Å²) in [4.78, 5) is 33.3. The van der Waals surface area contributed by atoms with Gasteiger partial charge in [-0.2, -0.15) is 4.99 Å². The molecule has 3 aliphatic heterocycles. The topological polar surface area (TPSA) is 83.5 Å². The largest absolute Gasteiger partial charge is 0.333 e. The summed E-state index contributed by atoms with van der Waals surface area (Å²) in [6.07, 6.45) is 5.62. The van der Waals surface area contributed by atoms with Crippen LogP contribution in [-0.4, -0.2) is 43.0 Å². The van der Waals surface area contributed by atoms with Crippen LogP contribution in [0, 0.1) is 10.1 Å². The first-order chi connectivity index (χ1) is 15.1. The third kappa shape index (κ3) is 3.59. The van der Waals surface area contributed by atoms with E-state index in [9.17, 15) is 14.9 Å². The molecule has 2 aromatic rings. The minimum absolute atomic E-state index is 0.0229. The number of rotatable bonds is 5. The number of nitro groups is 1. The van der Waals surface area contributed by atoms with Crippen molar-refractivity contribution in [2.45, 2.75) is 19.3 Å². The van der Waals surface area contributed by atoms with Gasteiger partial charge in [-0.3, -0.25) is 19.8 Å². The number of anilines is 2. The highest BCUT2D eigenvalue weighted by Crippen LogP contribution is 2.42. The summed E-state index contributed by atoms with van der Waals surface area (Å²) in [5.74, 6) is 0.356. The van der Waals surface area contributed by atoms with Gasteiger partial charge in [0.15, 0.2) is 0 Å². The first-order valence-electron chi connectivity index (χ1n) is 10.7. The lowest BCUT2D eigenvalue weighted by atomic mass is 10.1. The number of guanidine groups is 1. The van der Waals surface area contributed by atoms with E-state index >= 15 is 0 Å². The summed E-state index contributed by atoms with van der Waals surface area (Å²) >= 11 is 0. The molecule has 5 rings (SSSR count). The van der Waals surface area contributed by atoms with E-state index in [0.717, 1.165) is 30.0 Å². The zero-order chi connectivity index (χ0) is 21.4. The van der Waals surface area contributed by atoms with Crippen molar-refractivity contribution < 1.29 is 14.6 Å². The van der Waals surface area contributed by atoms with Crippen LogP contribution in [0.15, 0.2) is 59.2 Å². The molecule has 0 radical (unpaired) electrons. The number of aliphatic imine (C=N–C) groups is 1. The summed E-state index contributed by atoms with van der Waals surface area (Å²) in [6, 6.07) is 14.2. The monoisotopic (exact) mass is 418 g/mol. The Kier molecular flexibility index (Phi) is 4.99. The third-order valence-electron chi connectivity index (χ3n) is 6.17. The highest BCUT2D eigenvalue weighted by molar-refractivity contribution is 6.31. The SMILES string of the molecule is O=C1N=C2N(CC[NH+]3CCCCC3)c3ccccc3N2/C1=C/c1ccc([N+](=O)[O-])cc1. The van der Waals surface area contributed by atoms with Crippen molar-refractivity contribution in [3.8, 4) is 0 Å². The predicted molar refractivity (Wildman–Crippen MR) is 119 cm³/mol. The average molecular weight is 418 g/mol. The van der Waals surface area contributed by atoms with Gasteiger partial charge in [-0.15, -0.1) is 0 Å². The Hall–Kier alpha value is -3.52. The number of non-ortho nitro benzene ring substituents is 1. The van der Waals surface area contributed by atoms with Crippen LogP contribution < -0.4 is 14.7 Å². The van der Waals surface area contributed by atoms with Crippen LogP contribution in [0.5, 0.6) is 0 Å². The Bertz CT molecular complexity index is 1090. The van der Waals surface area contributed by atoms with Gasteiger partial charge >= 0.3 is 0 Å². The molecule has 31 heavy (non-hydrogen) atoms. The van der Waals surface area contributed by atoms with Crippen molar-refractivity contribution in [2.24, 2.45) is 4.99 Å². The number of hydrogen-bond acceptors (Lipinski definition) is 5. The number of piperidine rings is 1. The molecule has 1 amide bonds. The van der Waals surface area contributed by atoms with Crippen LogP contribution in [0.4, 0.5) is 17.1 Å². The number of quaternary nitrogens is 1. The van der Waals surface area contributed by atoms with Gasteiger partial charge in [0, 0.05) is 12.1 Å². The molecule has 3 aliphatic rings. The molecule has 8 heteroatoms. The zero-order valence-electron chi connectivity index (χ0n) is 17.2.